The molecule has 1 heterocycles. The molecular weight excluding hydrogens is 444 g/mol. The number of Topliss-reactive ketones (excluding diaryl/α,β-unsaturated/α-hetero) is 1. The molecule has 190 valence electrons. The predicted octanol–water partition coefficient (Wildman–Crippen LogP) is -1.13. The van der Waals surface area contributed by atoms with Gasteiger partial charge in [0.25, 0.3) is 5.91 Å². The van der Waals surface area contributed by atoms with E-state index in [1.54, 1.807) is 32.7 Å². The molecular formula is C22H36N6O6. The lowest BCUT2D eigenvalue weighted by molar-refractivity contribution is -0.143. The van der Waals surface area contributed by atoms with E-state index in [0.717, 1.165) is 12.8 Å². The summed E-state index contributed by atoms with van der Waals surface area (Å²) in [6.45, 7) is 6.79. The predicted molar refractivity (Wildman–Crippen MR) is 122 cm³/mol. The van der Waals surface area contributed by atoms with E-state index in [2.05, 4.69) is 16.0 Å². The first kappa shape index (κ1) is 27.1. The summed E-state index contributed by atoms with van der Waals surface area (Å²) in [7, 11) is 1.69. The Morgan fingerprint density at radius 2 is 1.68 bits per heavy atom. The quantitative estimate of drug-likeness (QED) is 0.304. The number of carbonyl (C=O) groups is 6. The molecule has 0 aromatic rings. The Labute approximate surface area is 199 Å². The lowest BCUT2D eigenvalue weighted by Crippen LogP contribution is -2.60. The number of nitrogens with two attached hydrogens (primary N) is 1. The van der Waals surface area contributed by atoms with Crippen LogP contribution in [0, 0.1) is 5.41 Å². The molecule has 3 unspecified atom stereocenters. The minimum Gasteiger partial charge on any atom is -0.363 e. The second-order valence-electron chi connectivity index (χ2n) is 10.0. The highest BCUT2D eigenvalue weighted by Gasteiger charge is 2.42. The van der Waals surface area contributed by atoms with E-state index < -0.39 is 53.1 Å². The van der Waals surface area contributed by atoms with Crippen molar-refractivity contribution < 1.29 is 28.8 Å². The van der Waals surface area contributed by atoms with Gasteiger partial charge in [-0.2, -0.15) is 0 Å². The summed E-state index contributed by atoms with van der Waals surface area (Å²) in [5.74, 6) is -3.32. The average molecular weight is 481 g/mol. The third-order valence-corrected chi connectivity index (χ3v) is 6.11. The van der Waals surface area contributed by atoms with Crippen molar-refractivity contribution >= 4 is 35.4 Å². The van der Waals surface area contributed by atoms with Crippen molar-refractivity contribution in [3.05, 3.63) is 0 Å². The van der Waals surface area contributed by atoms with E-state index >= 15 is 0 Å². The summed E-state index contributed by atoms with van der Waals surface area (Å²) in [4.78, 5) is 76.6. The first-order valence-electron chi connectivity index (χ1n) is 11.5. The van der Waals surface area contributed by atoms with Gasteiger partial charge in [0, 0.05) is 19.6 Å². The van der Waals surface area contributed by atoms with Crippen LogP contribution in [0.5, 0.6) is 0 Å². The van der Waals surface area contributed by atoms with Gasteiger partial charge in [0.05, 0.1) is 12.6 Å². The zero-order chi connectivity index (χ0) is 25.8. The average Bonchev–Trinajstić information content (AvgIpc) is 3.48. The van der Waals surface area contributed by atoms with E-state index in [4.69, 9.17) is 5.73 Å². The lowest BCUT2D eigenvalue weighted by Gasteiger charge is -2.35. The lowest BCUT2D eigenvalue weighted by atomic mass is 9.85. The number of carbonyl (C=O) groups excluding carboxylic acids is 6. The minimum atomic E-state index is -1.16. The van der Waals surface area contributed by atoms with Gasteiger partial charge in [-0.25, -0.2) is 4.79 Å². The second-order valence-corrected chi connectivity index (χ2v) is 10.0. The molecule has 3 atom stereocenters. The van der Waals surface area contributed by atoms with Gasteiger partial charge in [0.15, 0.2) is 0 Å². The van der Waals surface area contributed by atoms with Crippen LogP contribution >= 0.6 is 0 Å². The number of likely N-dealkylation sites (tertiary alicyclic amines) is 1. The molecule has 1 saturated carbocycles. The largest absolute Gasteiger partial charge is 0.363 e. The number of nitrogens with zero attached hydrogens (tertiary/aromatic N) is 2. The molecule has 1 saturated heterocycles. The summed E-state index contributed by atoms with van der Waals surface area (Å²) in [5, 5.41) is 7.59. The number of nitrogens with one attached hydrogen (secondary N) is 3. The van der Waals surface area contributed by atoms with Crippen LogP contribution in [-0.2, 0) is 24.0 Å². The molecule has 12 nitrogen and oxygen atoms in total. The molecule has 0 spiro atoms. The molecule has 6 amide bonds. The highest BCUT2D eigenvalue weighted by molar-refractivity contribution is 6.37. The number of hydrogen-bond acceptors (Lipinski definition) is 6. The number of primary amides is 1. The van der Waals surface area contributed by atoms with Crippen molar-refractivity contribution in [2.24, 2.45) is 11.1 Å². The zero-order valence-electron chi connectivity index (χ0n) is 20.5. The number of rotatable bonds is 9. The summed E-state index contributed by atoms with van der Waals surface area (Å²) >= 11 is 0. The number of likely N-dealkylation sites (N-methyl/N-ethyl adjacent to an activating group) is 1. The Bertz CT molecular complexity index is 849. The van der Waals surface area contributed by atoms with Crippen LogP contribution in [0.4, 0.5) is 4.79 Å². The molecule has 0 radical (unpaired) electrons. The summed E-state index contributed by atoms with van der Waals surface area (Å²) in [6.07, 6.45) is 2.84. The molecule has 0 bridgehead atoms. The van der Waals surface area contributed by atoms with E-state index in [0.29, 0.717) is 19.4 Å². The summed E-state index contributed by atoms with van der Waals surface area (Å²) in [6, 6.07) is -3.37. The van der Waals surface area contributed by atoms with Crippen LogP contribution < -0.4 is 21.7 Å². The van der Waals surface area contributed by atoms with Crippen LogP contribution in [-0.4, -0.2) is 89.5 Å². The maximum absolute atomic E-state index is 13.4. The number of urea groups is 1. The molecule has 34 heavy (non-hydrogen) atoms. The molecule has 2 rings (SSSR count). The van der Waals surface area contributed by atoms with Gasteiger partial charge in [-0.3, -0.25) is 24.0 Å². The Morgan fingerprint density at radius 3 is 2.21 bits per heavy atom. The summed E-state index contributed by atoms with van der Waals surface area (Å²) in [5.41, 5.74) is 4.29. The number of hydrogen-bond donors (Lipinski definition) is 4. The molecule has 2 fully saturated rings. The Kier molecular flexibility index (Phi) is 8.62. The SMILES string of the molecule is CC(NC(=O)C1CCCN1C(=O)C(NC(=O)NCC(=O)N(C)C1CC1)C(C)(C)C)C(=O)C(N)=O. The van der Waals surface area contributed by atoms with E-state index in [1.165, 1.54) is 11.8 Å². The second kappa shape index (κ2) is 10.8. The van der Waals surface area contributed by atoms with Gasteiger partial charge in [-0.05, 0) is 38.0 Å². The third-order valence-electron chi connectivity index (χ3n) is 6.11. The van der Waals surface area contributed by atoms with Crippen molar-refractivity contribution in [2.45, 2.75) is 77.5 Å². The highest BCUT2D eigenvalue weighted by atomic mass is 16.2. The van der Waals surface area contributed by atoms with Crippen molar-refractivity contribution in [2.75, 3.05) is 20.1 Å². The first-order valence-corrected chi connectivity index (χ1v) is 11.5. The van der Waals surface area contributed by atoms with Gasteiger partial charge in [-0.1, -0.05) is 20.8 Å². The smallest absolute Gasteiger partial charge is 0.315 e. The van der Waals surface area contributed by atoms with Crippen molar-refractivity contribution in [1.82, 2.24) is 25.8 Å². The Morgan fingerprint density at radius 1 is 1.06 bits per heavy atom. The number of ketones is 1. The molecule has 2 aliphatic rings. The first-order chi connectivity index (χ1) is 15.7. The topological polar surface area (TPSA) is 171 Å². The van der Waals surface area contributed by atoms with Crippen LogP contribution in [0.15, 0.2) is 0 Å². The third kappa shape index (κ3) is 6.91. The van der Waals surface area contributed by atoms with Crippen molar-refractivity contribution in [3.63, 3.8) is 0 Å². The van der Waals surface area contributed by atoms with Crippen LogP contribution in [0.1, 0.15) is 53.4 Å². The van der Waals surface area contributed by atoms with Crippen molar-refractivity contribution in [3.8, 4) is 0 Å². The van der Waals surface area contributed by atoms with Gasteiger partial charge in [0.1, 0.15) is 12.1 Å². The van der Waals surface area contributed by atoms with E-state index in [1.807, 2.05) is 0 Å². The van der Waals surface area contributed by atoms with Crippen LogP contribution in [0.3, 0.4) is 0 Å². The summed E-state index contributed by atoms with van der Waals surface area (Å²) < 4.78 is 0. The molecule has 0 aromatic carbocycles. The maximum atomic E-state index is 13.4. The maximum Gasteiger partial charge on any atom is 0.315 e. The zero-order valence-corrected chi connectivity index (χ0v) is 20.5. The van der Waals surface area contributed by atoms with E-state index in [-0.39, 0.29) is 18.5 Å². The Hall–Kier alpha value is -3.18. The Balaban J connectivity index is 2.03. The van der Waals surface area contributed by atoms with Gasteiger partial charge in [-0.15, -0.1) is 0 Å². The minimum absolute atomic E-state index is 0.190. The molecule has 12 heteroatoms. The fraction of sp³-hybridized carbons (Fsp3) is 0.727. The molecule has 5 N–H and O–H groups in total. The fourth-order valence-corrected chi connectivity index (χ4v) is 3.83. The van der Waals surface area contributed by atoms with Gasteiger partial charge in [0.2, 0.25) is 23.5 Å². The van der Waals surface area contributed by atoms with Gasteiger partial charge < -0.3 is 31.5 Å². The normalized spacial score (nSPS) is 19.6. The standard InChI is InChI=1S/C22H36N6O6/c1-12(16(30)18(23)31)25-19(32)14-7-6-10-28(14)20(33)17(22(2,3)4)26-21(34)24-11-15(29)27(5)13-8-9-13/h12-14,17H,6-11H2,1-5H3,(H2,23,31)(H,25,32)(H2,24,26,34). The van der Waals surface area contributed by atoms with Gasteiger partial charge >= 0.3 is 6.03 Å². The van der Waals surface area contributed by atoms with E-state index in [9.17, 15) is 28.8 Å². The number of amides is 6. The molecule has 1 aliphatic heterocycles. The highest BCUT2D eigenvalue weighted by Crippen LogP contribution is 2.26. The monoisotopic (exact) mass is 480 g/mol. The van der Waals surface area contributed by atoms with Crippen molar-refractivity contribution in [1.29, 1.82) is 0 Å². The van der Waals surface area contributed by atoms with Crippen LogP contribution in [0.25, 0.3) is 0 Å². The fourth-order valence-electron chi connectivity index (χ4n) is 3.83. The molecule has 0 aromatic heterocycles. The molecule has 1 aliphatic carbocycles. The van der Waals surface area contributed by atoms with Crippen LogP contribution in [0.2, 0.25) is 0 Å².